The number of methoxy groups -OCH3 is 1. The molecule has 1 N–H and O–H groups in total. The summed E-state index contributed by atoms with van der Waals surface area (Å²) in [5.41, 5.74) is 0.948. The summed E-state index contributed by atoms with van der Waals surface area (Å²) >= 11 is 0. The molecule has 1 aliphatic heterocycles. The minimum atomic E-state index is -0.872. The number of aryl methyl sites for hydroxylation is 1. The number of carbonyl (C=O) groups is 3. The number of carboxylic acid groups (broad SMARTS) is 1. The van der Waals surface area contributed by atoms with Crippen molar-refractivity contribution in [2.45, 2.75) is 25.7 Å². The Labute approximate surface area is 153 Å². The zero-order chi connectivity index (χ0) is 19.1. The first-order chi connectivity index (χ1) is 12.4. The average molecular weight is 362 g/mol. The molecule has 1 unspecified atom stereocenters. The quantitative estimate of drug-likeness (QED) is 0.792. The zero-order valence-electron chi connectivity index (χ0n) is 15.3. The van der Waals surface area contributed by atoms with Gasteiger partial charge in [-0.05, 0) is 30.9 Å². The van der Waals surface area contributed by atoms with Crippen LogP contribution in [-0.4, -0.2) is 66.5 Å². The topological polar surface area (TPSA) is 87.2 Å². The third-order valence-electron chi connectivity index (χ3n) is 4.72. The molecule has 1 saturated heterocycles. The van der Waals surface area contributed by atoms with Crippen molar-refractivity contribution in [3.05, 3.63) is 29.8 Å². The Balaban J connectivity index is 1.84. The van der Waals surface area contributed by atoms with E-state index in [-0.39, 0.29) is 31.3 Å². The lowest BCUT2D eigenvalue weighted by Crippen LogP contribution is -2.46. The first kappa shape index (κ1) is 19.8. The molecule has 142 valence electrons. The van der Waals surface area contributed by atoms with E-state index in [1.165, 1.54) is 4.90 Å². The summed E-state index contributed by atoms with van der Waals surface area (Å²) in [5.74, 6) is -0.977. The van der Waals surface area contributed by atoms with Crippen molar-refractivity contribution in [2.24, 2.45) is 5.92 Å². The zero-order valence-corrected chi connectivity index (χ0v) is 15.3. The molecule has 0 saturated carbocycles. The van der Waals surface area contributed by atoms with Crippen molar-refractivity contribution in [1.29, 1.82) is 0 Å². The number of carboxylic acids is 1. The molecule has 0 aromatic heterocycles. The highest BCUT2D eigenvalue weighted by Crippen LogP contribution is 2.19. The minimum Gasteiger partial charge on any atom is -0.496 e. The van der Waals surface area contributed by atoms with Crippen LogP contribution >= 0.6 is 0 Å². The molecule has 1 atom stereocenters. The van der Waals surface area contributed by atoms with Gasteiger partial charge in [0, 0.05) is 26.6 Å². The highest BCUT2D eigenvalue weighted by molar-refractivity contribution is 5.85. The van der Waals surface area contributed by atoms with Crippen molar-refractivity contribution >= 4 is 17.8 Å². The van der Waals surface area contributed by atoms with Gasteiger partial charge in [0.05, 0.1) is 19.6 Å². The number of para-hydroxylation sites is 1. The van der Waals surface area contributed by atoms with Crippen molar-refractivity contribution in [1.82, 2.24) is 9.80 Å². The number of likely N-dealkylation sites (N-methyl/N-ethyl adjacent to an activating group) is 1. The van der Waals surface area contributed by atoms with Crippen molar-refractivity contribution in [3.8, 4) is 5.75 Å². The molecule has 1 aliphatic rings. The molecule has 1 fully saturated rings. The predicted octanol–water partition coefficient (Wildman–Crippen LogP) is 1.41. The predicted molar refractivity (Wildman–Crippen MR) is 95.9 cm³/mol. The van der Waals surface area contributed by atoms with Crippen LogP contribution in [0.25, 0.3) is 0 Å². The van der Waals surface area contributed by atoms with E-state index in [2.05, 4.69) is 0 Å². The van der Waals surface area contributed by atoms with E-state index < -0.39 is 11.9 Å². The maximum absolute atomic E-state index is 12.4. The Kier molecular flexibility index (Phi) is 7.00. The van der Waals surface area contributed by atoms with Gasteiger partial charge in [0.2, 0.25) is 11.8 Å². The number of carbonyl (C=O) groups excluding carboxylic acids is 2. The van der Waals surface area contributed by atoms with E-state index in [0.717, 1.165) is 11.3 Å². The first-order valence-electron chi connectivity index (χ1n) is 8.78. The number of likely N-dealkylation sites (tertiary alicyclic amines) is 1. The number of hydrogen-bond donors (Lipinski definition) is 1. The van der Waals surface area contributed by atoms with E-state index in [4.69, 9.17) is 9.84 Å². The van der Waals surface area contributed by atoms with E-state index in [1.807, 2.05) is 24.3 Å². The summed E-state index contributed by atoms with van der Waals surface area (Å²) in [5, 5.41) is 9.12. The summed E-state index contributed by atoms with van der Waals surface area (Å²) in [7, 11) is 3.19. The number of aliphatic carboxylic acids is 1. The summed E-state index contributed by atoms with van der Waals surface area (Å²) in [6, 6.07) is 7.53. The number of rotatable bonds is 7. The van der Waals surface area contributed by atoms with E-state index in [9.17, 15) is 14.4 Å². The summed E-state index contributed by atoms with van der Waals surface area (Å²) < 4.78 is 5.28. The van der Waals surface area contributed by atoms with Crippen LogP contribution in [0.1, 0.15) is 24.8 Å². The van der Waals surface area contributed by atoms with Crippen molar-refractivity contribution in [2.75, 3.05) is 33.8 Å². The standard InChI is InChI=1S/C19H26N2O5/c1-20(13-18(23)21-11-5-7-15(12-21)19(24)25)17(22)10-9-14-6-3-4-8-16(14)26-2/h3-4,6,8,15H,5,7,9-13H2,1-2H3,(H,24,25). The summed E-state index contributed by atoms with van der Waals surface area (Å²) in [4.78, 5) is 38.8. The van der Waals surface area contributed by atoms with E-state index in [1.54, 1.807) is 19.1 Å². The molecular formula is C19H26N2O5. The van der Waals surface area contributed by atoms with Crippen LogP contribution < -0.4 is 4.74 Å². The average Bonchev–Trinajstić information content (AvgIpc) is 2.66. The number of nitrogens with zero attached hydrogens (tertiary/aromatic N) is 2. The fourth-order valence-electron chi connectivity index (χ4n) is 3.14. The number of ether oxygens (including phenoxy) is 1. The molecule has 2 rings (SSSR count). The summed E-state index contributed by atoms with van der Waals surface area (Å²) in [6.45, 7) is 0.736. The maximum atomic E-state index is 12.4. The van der Waals surface area contributed by atoms with Crippen molar-refractivity contribution in [3.63, 3.8) is 0 Å². The lowest BCUT2D eigenvalue weighted by molar-refractivity contribution is -0.147. The van der Waals surface area contributed by atoms with Gasteiger partial charge in [-0.15, -0.1) is 0 Å². The van der Waals surface area contributed by atoms with Gasteiger partial charge in [-0.3, -0.25) is 14.4 Å². The first-order valence-corrected chi connectivity index (χ1v) is 8.78. The normalized spacial score (nSPS) is 16.8. The summed E-state index contributed by atoms with van der Waals surface area (Å²) in [6.07, 6.45) is 2.08. The van der Waals surface area contributed by atoms with E-state index >= 15 is 0 Å². The Bertz CT molecular complexity index is 661. The van der Waals surface area contributed by atoms with Crippen LogP contribution in [0.5, 0.6) is 5.75 Å². The van der Waals surface area contributed by atoms with Gasteiger partial charge < -0.3 is 19.6 Å². The minimum absolute atomic E-state index is 0.0307. The van der Waals surface area contributed by atoms with E-state index in [0.29, 0.717) is 25.8 Å². The molecule has 26 heavy (non-hydrogen) atoms. The Morgan fingerprint density at radius 2 is 2.04 bits per heavy atom. The third kappa shape index (κ3) is 5.21. The smallest absolute Gasteiger partial charge is 0.308 e. The Hall–Kier alpha value is -2.57. The highest BCUT2D eigenvalue weighted by atomic mass is 16.5. The molecule has 0 radical (unpaired) electrons. The van der Waals surface area contributed by atoms with Gasteiger partial charge in [-0.1, -0.05) is 18.2 Å². The second-order valence-electron chi connectivity index (χ2n) is 6.58. The number of amides is 2. The van der Waals surface area contributed by atoms with Crippen LogP contribution in [0.15, 0.2) is 24.3 Å². The second-order valence-corrected chi connectivity index (χ2v) is 6.58. The fraction of sp³-hybridized carbons (Fsp3) is 0.526. The van der Waals surface area contributed by atoms with Gasteiger partial charge in [0.1, 0.15) is 5.75 Å². The molecule has 1 heterocycles. The SMILES string of the molecule is COc1ccccc1CCC(=O)N(C)CC(=O)N1CCCC(C(=O)O)C1. The van der Waals surface area contributed by atoms with Crippen LogP contribution in [0, 0.1) is 5.92 Å². The van der Waals surface area contributed by atoms with Crippen LogP contribution in [0.2, 0.25) is 0 Å². The molecule has 0 bridgehead atoms. The number of hydrogen-bond acceptors (Lipinski definition) is 4. The monoisotopic (exact) mass is 362 g/mol. The third-order valence-corrected chi connectivity index (χ3v) is 4.72. The van der Waals surface area contributed by atoms with Gasteiger partial charge in [-0.2, -0.15) is 0 Å². The molecule has 0 aliphatic carbocycles. The van der Waals surface area contributed by atoms with Crippen LogP contribution in [0.3, 0.4) is 0 Å². The molecular weight excluding hydrogens is 336 g/mol. The molecule has 2 amide bonds. The highest BCUT2D eigenvalue weighted by Gasteiger charge is 2.28. The molecule has 7 heteroatoms. The largest absolute Gasteiger partial charge is 0.496 e. The number of piperidine rings is 1. The molecule has 1 aromatic rings. The van der Waals surface area contributed by atoms with Crippen LogP contribution in [-0.2, 0) is 20.8 Å². The Morgan fingerprint density at radius 1 is 1.31 bits per heavy atom. The fourth-order valence-corrected chi connectivity index (χ4v) is 3.14. The van der Waals surface area contributed by atoms with Gasteiger partial charge in [0.25, 0.3) is 0 Å². The lowest BCUT2D eigenvalue weighted by atomic mass is 9.98. The van der Waals surface area contributed by atoms with Crippen molar-refractivity contribution < 1.29 is 24.2 Å². The Morgan fingerprint density at radius 3 is 2.73 bits per heavy atom. The molecule has 0 spiro atoms. The molecule has 7 nitrogen and oxygen atoms in total. The van der Waals surface area contributed by atoms with Gasteiger partial charge in [-0.25, -0.2) is 0 Å². The van der Waals surface area contributed by atoms with Crippen LogP contribution in [0.4, 0.5) is 0 Å². The molecule has 1 aromatic carbocycles. The maximum Gasteiger partial charge on any atom is 0.308 e. The second kappa shape index (κ2) is 9.22. The lowest BCUT2D eigenvalue weighted by Gasteiger charge is -2.32. The van der Waals surface area contributed by atoms with Gasteiger partial charge >= 0.3 is 5.97 Å². The van der Waals surface area contributed by atoms with Gasteiger partial charge in [0.15, 0.2) is 0 Å². The number of benzene rings is 1.